The third-order valence-electron chi connectivity index (χ3n) is 6.70. The number of thiazole rings is 1. The highest BCUT2D eigenvalue weighted by atomic mass is 35.5. The minimum atomic E-state index is -2.23. The minimum absolute atomic E-state index is 0.0753. The number of hydrogen-bond donors (Lipinski definition) is 2. The van der Waals surface area contributed by atoms with Crippen LogP contribution in [0.5, 0.6) is 11.5 Å². The molecule has 0 amide bonds. The Morgan fingerprint density at radius 1 is 1.09 bits per heavy atom. The fourth-order valence-corrected chi connectivity index (χ4v) is 6.04. The summed E-state index contributed by atoms with van der Waals surface area (Å²) in [7, 11) is -0.646. The normalized spacial score (nSPS) is 11.1. The van der Waals surface area contributed by atoms with E-state index in [2.05, 4.69) is 20.6 Å². The quantitative estimate of drug-likeness (QED) is 0.142. The molecule has 0 radical (unpaired) electrons. The molecule has 13 heteroatoms. The first-order valence-corrected chi connectivity index (χ1v) is 15.9. The van der Waals surface area contributed by atoms with Gasteiger partial charge in [-0.25, -0.2) is 19.3 Å². The van der Waals surface area contributed by atoms with Crippen molar-refractivity contribution in [3.63, 3.8) is 0 Å². The molecule has 3 aromatic carbocycles. The average molecular weight is 654 g/mol. The van der Waals surface area contributed by atoms with E-state index in [1.807, 2.05) is 37.4 Å². The van der Waals surface area contributed by atoms with Crippen molar-refractivity contribution in [3.05, 3.63) is 87.7 Å². The maximum absolute atomic E-state index is 13.5. The Kier molecular flexibility index (Phi) is 10.1. The summed E-state index contributed by atoms with van der Waals surface area (Å²) in [6, 6.07) is 15.2. The molecular weight excluding hydrogens is 625 g/mol. The molecular formula is C31H29ClFN5O4S2. The van der Waals surface area contributed by atoms with Crippen LogP contribution in [0.15, 0.2) is 66.3 Å². The molecule has 0 aliphatic carbocycles. The molecule has 9 nitrogen and oxygen atoms in total. The Hall–Kier alpha value is -4.10. The topological polar surface area (TPSA) is 115 Å². The van der Waals surface area contributed by atoms with Gasteiger partial charge in [0.05, 0.1) is 28.2 Å². The first-order valence-electron chi connectivity index (χ1n) is 13.6. The van der Waals surface area contributed by atoms with Crippen LogP contribution in [-0.4, -0.2) is 41.9 Å². The molecule has 0 bridgehead atoms. The van der Waals surface area contributed by atoms with E-state index in [0.29, 0.717) is 56.2 Å². The highest BCUT2D eigenvalue weighted by Gasteiger charge is 2.16. The lowest BCUT2D eigenvalue weighted by Gasteiger charge is -2.13. The summed E-state index contributed by atoms with van der Waals surface area (Å²) in [5.41, 5.74) is 3.52. The van der Waals surface area contributed by atoms with Gasteiger partial charge in [-0.15, -0.1) is 11.3 Å². The fraction of sp³-hybridized carbons (Fsp3) is 0.226. The van der Waals surface area contributed by atoms with Crippen LogP contribution in [0.2, 0.25) is 5.02 Å². The number of benzene rings is 3. The van der Waals surface area contributed by atoms with Crippen molar-refractivity contribution < 1.29 is 22.3 Å². The van der Waals surface area contributed by atoms with Crippen molar-refractivity contribution in [2.24, 2.45) is 5.92 Å². The summed E-state index contributed by atoms with van der Waals surface area (Å²) >= 11 is 7.98. The van der Waals surface area contributed by atoms with Crippen molar-refractivity contribution in [1.82, 2.24) is 20.3 Å². The van der Waals surface area contributed by atoms with E-state index >= 15 is 0 Å². The lowest BCUT2D eigenvalue weighted by molar-refractivity contribution is 0.306. The first kappa shape index (κ1) is 31.3. The molecule has 2 aromatic heterocycles. The van der Waals surface area contributed by atoms with Crippen molar-refractivity contribution in [3.8, 4) is 22.8 Å². The van der Waals surface area contributed by atoms with Crippen LogP contribution >= 0.6 is 22.9 Å². The van der Waals surface area contributed by atoms with E-state index in [1.54, 1.807) is 31.4 Å². The Labute approximate surface area is 264 Å². The molecule has 0 saturated heterocycles. The van der Waals surface area contributed by atoms with Gasteiger partial charge in [0.25, 0.3) is 0 Å². The molecule has 0 aliphatic rings. The Morgan fingerprint density at radius 2 is 1.93 bits per heavy atom. The van der Waals surface area contributed by atoms with E-state index in [1.165, 1.54) is 29.8 Å². The molecule has 228 valence electrons. The predicted molar refractivity (Wildman–Crippen MR) is 173 cm³/mol. The Balaban J connectivity index is 1.35. The van der Waals surface area contributed by atoms with Crippen LogP contribution in [0, 0.1) is 11.7 Å². The zero-order valence-corrected chi connectivity index (χ0v) is 26.5. The van der Waals surface area contributed by atoms with Crippen LogP contribution < -0.4 is 20.1 Å². The van der Waals surface area contributed by atoms with Gasteiger partial charge < -0.3 is 20.1 Å². The molecule has 0 fully saturated rings. The van der Waals surface area contributed by atoms with Gasteiger partial charge in [0.15, 0.2) is 0 Å². The molecule has 5 aromatic rings. The highest BCUT2D eigenvalue weighted by molar-refractivity contribution is 7.73. The number of rotatable bonds is 12. The van der Waals surface area contributed by atoms with Gasteiger partial charge in [0, 0.05) is 41.2 Å². The van der Waals surface area contributed by atoms with Crippen molar-refractivity contribution in [1.29, 1.82) is 0 Å². The van der Waals surface area contributed by atoms with Gasteiger partial charge >= 0.3 is 0 Å². The number of nitrogens with one attached hydrogen (secondary N) is 2. The van der Waals surface area contributed by atoms with Crippen LogP contribution in [-0.2, 0) is 23.4 Å². The van der Waals surface area contributed by atoms with Crippen molar-refractivity contribution >= 4 is 60.5 Å². The van der Waals surface area contributed by atoms with Gasteiger partial charge in [0.1, 0.15) is 41.1 Å². The molecule has 5 rings (SSSR count). The molecule has 0 atom stereocenters. The van der Waals surface area contributed by atoms with Crippen LogP contribution in [0.1, 0.15) is 24.4 Å². The third-order valence-corrected chi connectivity index (χ3v) is 8.88. The van der Waals surface area contributed by atoms with Gasteiger partial charge in [0.2, 0.25) is 10.3 Å². The lowest BCUT2D eigenvalue weighted by Crippen LogP contribution is -2.26. The Morgan fingerprint density at radius 3 is 2.66 bits per heavy atom. The highest BCUT2D eigenvalue weighted by Crippen LogP contribution is 2.37. The van der Waals surface area contributed by atoms with E-state index in [4.69, 9.17) is 26.1 Å². The summed E-state index contributed by atoms with van der Waals surface area (Å²) in [6.45, 7) is 4.56. The van der Waals surface area contributed by atoms with Gasteiger partial charge in [-0.3, -0.25) is 0 Å². The van der Waals surface area contributed by atoms with Gasteiger partial charge in [-0.1, -0.05) is 37.6 Å². The number of hydrogen-bond acceptors (Lipinski definition) is 10. The smallest absolute Gasteiger partial charge is 0.214 e. The predicted octanol–water partition coefficient (Wildman–Crippen LogP) is 6.67. The molecule has 0 aliphatic heterocycles. The average Bonchev–Trinajstić information content (AvgIpc) is 3.47. The summed E-state index contributed by atoms with van der Waals surface area (Å²) in [4.78, 5) is 14.1. The van der Waals surface area contributed by atoms with E-state index < -0.39 is 10.3 Å². The van der Waals surface area contributed by atoms with Crippen LogP contribution in [0.25, 0.3) is 22.2 Å². The van der Waals surface area contributed by atoms with E-state index in [-0.39, 0.29) is 24.9 Å². The van der Waals surface area contributed by atoms with Crippen molar-refractivity contribution in [2.45, 2.75) is 27.0 Å². The van der Waals surface area contributed by atoms with Gasteiger partial charge in [-0.05, 0) is 47.9 Å². The standard InChI is InChI=1S/C31H29ClFN5O4S2/c1-18(2)29(44(39)40)13-34-14-30-38-26(16-43-30)22-11-23-25(12-28(22)41-3)35-17-36-31(23)37-21-7-8-27(24(32)10-21)42-15-19-5-4-6-20(33)9-19/h4-12,16-18,34H,13-15H2,1-3H3,(H,35,36,37). The monoisotopic (exact) mass is 653 g/mol. The van der Waals surface area contributed by atoms with Crippen LogP contribution in [0.4, 0.5) is 15.9 Å². The zero-order chi connectivity index (χ0) is 31.2. The summed E-state index contributed by atoms with van der Waals surface area (Å²) < 4.78 is 47.9. The maximum Gasteiger partial charge on any atom is 0.214 e. The summed E-state index contributed by atoms with van der Waals surface area (Å²) in [5.74, 6) is 1.23. The number of fused-ring (bicyclic) bond motifs is 1. The number of ether oxygens (including phenoxy) is 2. The second-order valence-corrected chi connectivity index (χ2v) is 12.4. The maximum atomic E-state index is 13.5. The Bertz CT molecular complexity index is 1940. The fourth-order valence-electron chi connectivity index (χ4n) is 4.44. The molecule has 44 heavy (non-hydrogen) atoms. The van der Waals surface area contributed by atoms with Crippen molar-refractivity contribution in [2.75, 3.05) is 19.0 Å². The number of nitrogens with zero attached hydrogens (tertiary/aromatic N) is 3. The molecule has 2 N–H and O–H groups in total. The second-order valence-electron chi connectivity index (χ2n) is 10.1. The summed E-state index contributed by atoms with van der Waals surface area (Å²) in [5, 5.41) is 10.3. The first-order chi connectivity index (χ1) is 21.2. The van der Waals surface area contributed by atoms with E-state index in [9.17, 15) is 12.8 Å². The summed E-state index contributed by atoms with van der Waals surface area (Å²) in [6.07, 6.45) is 1.46. The lowest BCUT2D eigenvalue weighted by atomic mass is 10.1. The minimum Gasteiger partial charge on any atom is -0.496 e. The number of halogens is 2. The number of aromatic nitrogens is 3. The van der Waals surface area contributed by atoms with E-state index in [0.717, 1.165) is 16.0 Å². The number of methoxy groups -OCH3 is 1. The molecule has 2 heterocycles. The molecule has 0 spiro atoms. The largest absolute Gasteiger partial charge is 0.496 e. The molecule has 0 saturated carbocycles. The SMILES string of the molecule is COc1cc2ncnc(Nc3ccc(OCc4cccc(F)c4)c(Cl)c3)c2cc1-c1csc(CNCC(C(C)C)=S(=O)=O)n1. The van der Waals surface area contributed by atoms with Gasteiger partial charge in [-0.2, -0.15) is 8.42 Å². The number of anilines is 2. The molecule has 0 unspecified atom stereocenters. The van der Waals surface area contributed by atoms with Crippen LogP contribution in [0.3, 0.4) is 0 Å². The third kappa shape index (κ3) is 7.51. The second kappa shape index (κ2) is 14.1. The zero-order valence-electron chi connectivity index (χ0n) is 24.1.